The van der Waals surface area contributed by atoms with E-state index in [0.717, 1.165) is 5.56 Å². The van der Waals surface area contributed by atoms with Gasteiger partial charge in [0.2, 0.25) is 12.5 Å². The number of esters is 1. The Morgan fingerprint density at radius 3 is 2.94 bits per heavy atom. The molecule has 1 aromatic carbocycles. The number of fused-ring (bicyclic) bond motifs is 1. The average molecular weight is 252 g/mol. The van der Waals surface area contributed by atoms with Crippen LogP contribution >= 0.6 is 0 Å². The van der Waals surface area contributed by atoms with Gasteiger partial charge in [-0.25, -0.2) is 0 Å². The molecule has 5 nitrogen and oxygen atoms in total. The van der Waals surface area contributed by atoms with Gasteiger partial charge >= 0.3 is 5.97 Å². The van der Waals surface area contributed by atoms with Crippen LogP contribution in [0.3, 0.4) is 0 Å². The summed E-state index contributed by atoms with van der Waals surface area (Å²) in [6.45, 7) is 2.40. The number of benzene rings is 1. The molecule has 0 amide bonds. The molecule has 18 heavy (non-hydrogen) atoms. The van der Waals surface area contributed by atoms with Gasteiger partial charge in [-0.15, -0.1) is 0 Å². The van der Waals surface area contributed by atoms with Crippen molar-refractivity contribution in [2.45, 2.75) is 19.8 Å². The van der Waals surface area contributed by atoms with Crippen molar-refractivity contribution in [1.82, 2.24) is 0 Å². The number of hydrogen-bond donors (Lipinski definition) is 0. The van der Waals surface area contributed by atoms with Gasteiger partial charge < -0.3 is 18.9 Å². The molecular weight excluding hydrogens is 236 g/mol. The van der Waals surface area contributed by atoms with Crippen LogP contribution in [0.15, 0.2) is 12.1 Å². The Kier molecular flexibility index (Phi) is 3.92. The molecule has 98 valence electrons. The minimum atomic E-state index is -0.200. The third-order valence-corrected chi connectivity index (χ3v) is 2.64. The minimum Gasteiger partial charge on any atom is -0.493 e. The summed E-state index contributed by atoms with van der Waals surface area (Å²) in [6, 6.07) is 3.72. The Balaban J connectivity index is 2.07. The Morgan fingerprint density at radius 1 is 1.39 bits per heavy atom. The van der Waals surface area contributed by atoms with Crippen molar-refractivity contribution in [2.75, 3.05) is 20.5 Å². The van der Waals surface area contributed by atoms with Gasteiger partial charge in [-0.2, -0.15) is 0 Å². The highest BCUT2D eigenvalue weighted by molar-refractivity contribution is 5.69. The third kappa shape index (κ3) is 2.67. The third-order valence-electron chi connectivity index (χ3n) is 2.64. The van der Waals surface area contributed by atoms with Crippen LogP contribution in [-0.2, 0) is 16.0 Å². The van der Waals surface area contributed by atoms with Crippen LogP contribution in [-0.4, -0.2) is 26.5 Å². The quantitative estimate of drug-likeness (QED) is 0.749. The van der Waals surface area contributed by atoms with E-state index < -0.39 is 0 Å². The van der Waals surface area contributed by atoms with Crippen LogP contribution in [0.1, 0.15) is 18.9 Å². The number of hydrogen-bond acceptors (Lipinski definition) is 5. The fourth-order valence-corrected chi connectivity index (χ4v) is 1.81. The van der Waals surface area contributed by atoms with E-state index in [4.69, 9.17) is 18.9 Å². The van der Waals surface area contributed by atoms with Gasteiger partial charge in [-0.3, -0.25) is 4.79 Å². The standard InChI is InChI=1S/C13H16O5/c1-3-16-12(14)5-4-9-6-10(15-2)13-11(7-9)17-8-18-13/h6-7H,3-5,8H2,1-2H3. The molecular formula is C13H16O5. The zero-order valence-electron chi connectivity index (χ0n) is 10.5. The van der Waals surface area contributed by atoms with Gasteiger partial charge in [0.15, 0.2) is 11.5 Å². The highest BCUT2D eigenvalue weighted by Gasteiger charge is 2.20. The highest BCUT2D eigenvalue weighted by Crippen LogP contribution is 2.41. The molecule has 1 aliphatic heterocycles. The van der Waals surface area contributed by atoms with E-state index in [1.54, 1.807) is 14.0 Å². The van der Waals surface area contributed by atoms with Gasteiger partial charge in [0, 0.05) is 6.42 Å². The average Bonchev–Trinajstić information content (AvgIpc) is 2.83. The van der Waals surface area contributed by atoms with E-state index in [0.29, 0.717) is 36.7 Å². The zero-order valence-corrected chi connectivity index (χ0v) is 10.5. The Hall–Kier alpha value is -1.91. The zero-order chi connectivity index (χ0) is 13.0. The largest absolute Gasteiger partial charge is 0.493 e. The van der Waals surface area contributed by atoms with Crippen LogP contribution in [0.5, 0.6) is 17.2 Å². The molecule has 0 spiro atoms. The number of rotatable bonds is 5. The van der Waals surface area contributed by atoms with Crippen molar-refractivity contribution in [3.63, 3.8) is 0 Å². The van der Waals surface area contributed by atoms with E-state index in [9.17, 15) is 4.79 Å². The second kappa shape index (κ2) is 5.62. The van der Waals surface area contributed by atoms with E-state index in [1.807, 2.05) is 12.1 Å². The lowest BCUT2D eigenvalue weighted by Crippen LogP contribution is -2.05. The second-order valence-corrected chi connectivity index (χ2v) is 3.84. The van der Waals surface area contributed by atoms with E-state index in [1.165, 1.54) is 0 Å². The smallest absolute Gasteiger partial charge is 0.306 e. The second-order valence-electron chi connectivity index (χ2n) is 3.84. The van der Waals surface area contributed by atoms with E-state index in [-0.39, 0.29) is 12.8 Å². The van der Waals surface area contributed by atoms with Crippen LogP contribution in [0.25, 0.3) is 0 Å². The molecule has 0 N–H and O–H groups in total. The first-order chi connectivity index (χ1) is 8.74. The van der Waals surface area contributed by atoms with Crippen molar-refractivity contribution in [3.05, 3.63) is 17.7 Å². The fourth-order valence-electron chi connectivity index (χ4n) is 1.81. The molecule has 2 rings (SSSR count). The van der Waals surface area contributed by atoms with Crippen LogP contribution in [0.2, 0.25) is 0 Å². The van der Waals surface area contributed by atoms with Crippen molar-refractivity contribution in [1.29, 1.82) is 0 Å². The minimum absolute atomic E-state index is 0.200. The highest BCUT2D eigenvalue weighted by atomic mass is 16.7. The summed E-state index contributed by atoms with van der Waals surface area (Å²) >= 11 is 0. The predicted molar refractivity (Wildman–Crippen MR) is 64.1 cm³/mol. The molecule has 1 aromatic rings. The monoisotopic (exact) mass is 252 g/mol. The molecule has 0 saturated heterocycles. The lowest BCUT2D eigenvalue weighted by molar-refractivity contribution is -0.143. The number of ether oxygens (including phenoxy) is 4. The number of methoxy groups -OCH3 is 1. The summed E-state index contributed by atoms with van der Waals surface area (Å²) in [7, 11) is 1.58. The van der Waals surface area contributed by atoms with Gasteiger partial charge in [0.1, 0.15) is 0 Å². The Morgan fingerprint density at radius 2 is 2.22 bits per heavy atom. The van der Waals surface area contributed by atoms with Crippen molar-refractivity contribution in [3.8, 4) is 17.2 Å². The van der Waals surface area contributed by atoms with Gasteiger partial charge in [-0.1, -0.05) is 0 Å². The number of carbonyl (C=O) groups is 1. The van der Waals surface area contributed by atoms with Crippen molar-refractivity contribution < 1.29 is 23.7 Å². The summed E-state index contributed by atoms with van der Waals surface area (Å²) in [5.41, 5.74) is 0.962. The summed E-state index contributed by atoms with van der Waals surface area (Å²) in [6.07, 6.45) is 0.933. The maximum Gasteiger partial charge on any atom is 0.306 e. The summed E-state index contributed by atoms with van der Waals surface area (Å²) in [5.74, 6) is 1.71. The topological polar surface area (TPSA) is 54.0 Å². The molecule has 0 radical (unpaired) electrons. The molecule has 0 atom stereocenters. The van der Waals surface area contributed by atoms with E-state index >= 15 is 0 Å². The first-order valence-corrected chi connectivity index (χ1v) is 5.86. The molecule has 1 heterocycles. The van der Waals surface area contributed by atoms with Gasteiger partial charge in [0.25, 0.3) is 0 Å². The Bertz CT molecular complexity index is 441. The van der Waals surface area contributed by atoms with Crippen molar-refractivity contribution in [2.24, 2.45) is 0 Å². The molecule has 0 fully saturated rings. The summed E-state index contributed by atoms with van der Waals surface area (Å²) in [4.78, 5) is 11.3. The summed E-state index contributed by atoms with van der Waals surface area (Å²) < 4.78 is 20.7. The molecule has 0 saturated carbocycles. The molecule has 5 heteroatoms. The maximum absolute atomic E-state index is 11.3. The SMILES string of the molecule is CCOC(=O)CCc1cc(OC)c2c(c1)OCO2. The molecule has 1 aliphatic rings. The van der Waals surface area contributed by atoms with Crippen LogP contribution < -0.4 is 14.2 Å². The first kappa shape index (κ1) is 12.5. The maximum atomic E-state index is 11.3. The first-order valence-electron chi connectivity index (χ1n) is 5.86. The van der Waals surface area contributed by atoms with Crippen LogP contribution in [0.4, 0.5) is 0 Å². The molecule has 0 aliphatic carbocycles. The molecule has 0 bridgehead atoms. The van der Waals surface area contributed by atoms with Gasteiger partial charge in [0.05, 0.1) is 13.7 Å². The number of aryl methyl sites for hydroxylation is 1. The van der Waals surface area contributed by atoms with Crippen molar-refractivity contribution >= 4 is 5.97 Å². The van der Waals surface area contributed by atoms with E-state index in [2.05, 4.69) is 0 Å². The number of carbonyl (C=O) groups excluding carboxylic acids is 1. The predicted octanol–water partition coefficient (Wildman–Crippen LogP) is 1.92. The molecule has 0 unspecified atom stereocenters. The van der Waals surface area contributed by atoms with Crippen LogP contribution in [0, 0.1) is 0 Å². The lowest BCUT2D eigenvalue weighted by atomic mass is 10.1. The lowest BCUT2D eigenvalue weighted by Gasteiger charge is -2.08. The molecule has 0 aromatic heterocycles. The fraction of sp³-hybridized carbons (Fsp3) is 0.462. The summed E-state index contributed by atoms with van der Waals surface area (Å²) in [5, 5.41) is 0. The normalized spacial score (nSPS) is 12.3. The van der Waals surface area contributed by atoms with Gasteiger partial charge in [-0.05, 0) is 31.0 Å². The Labute approximate surface area is 106 Å².